The minimum Gasteiger partial charge on any atom is -0.370 e. The van der Waals surface area contributed by atoms with Gasteiger partial charge in [-0.15, -0.1) is 11.3 Å². The average Bonchev–Trinajstić information content (AvgIpc) is 3.34. The number of carbonyl (C=O) groups excluding carboxylic acids is 1. The van der Waals surface area contributed by atoms with Crippen molar-refractivity contribution in [3.05, 3.63) is 16.1 Å². The highest BCUT2D eigenvalue weighted by Gasteiger charge is 2.47. The lowest BCUT2D eigenvalue weighted by atomic mass is 9.98. The fourth-order valence-corrected chi connectivity index (χ4v) is 4.59. The van der Waals surface area contributed by atoms with E-state index in [2.05, 4.69) is 4.98 Å². The molecule has 3 fully saturated rings. The van der Waals surface area contributed by atoms with Crippen LogP contribution >= 0.6 is 11.3 Å². The zero-order valence-electron chi connectivity index (χ0n) is 14.2. The molecule has 3 saturated heterocycles. The quantitative estimate of drug-likeness (QED) is 0.839. The molecule has 132 valence electrons. The van der Waals surface area contributed by atoms with E-state index >= 15 is 0 Å². The Morgan fingerprint density at radius 2 is 2.25 bits per heavy atom. The smallest absolute Gasteiger partial charge is 0.320 e. The number of carbonyl (C=O) groups is 1. The zero-order chi connectivity index (χ0) is 16.6. The molecule has 1 aromatic rings. The van der Waals surface area contributed by atoms with Crippen molar-refractivity contribution in [3.63, 3.8) is 0 Å². The van der Waals surface area contributed by atoms with Gasteiger partial charge in [0.05, 0.1) is 42.2 Å². The van der Waals surface area contributed by atoms with Crippen LogP contribution in [-0.4, -0.2) is 65.3 Å². The molecule has 3 aliphatic rings. The van der Waals surface area contributed by atoms with Crippen LogP contribution in [-0.2, 0) is 16.1 Å². The van der Waals surface area contributed by atoms with E-state index in [0.717, 1.165) is 56.0 Å². The van der Waals surface area contributed by atoms with Crippen molar-refractivity contribution in [2.24, 2.45) is 0 Å². The second-order valence-electron chi connectivity index (χ2n) is 7.14. The van der Waals surface area contributed by atoms with Gasteiger partial charge in [0.2, 0.25) is 0 Å². The molecular formula is C17H25N3O3S. The predicted octanol–water partition coefficient (Wildman–Crippen LogP) is 2.42. The maximum absolute atomic E-state index is 12.5. The summed E-state index contributed by atoms with van der Waals surface area (Å²) >= 11 is 1.65. The zero-order valence-corrected chi connectivity index (χ0v) is 15.0. The van der Waals surface area contributed by atoms with E-state index in [1.54, 1.807) is 11.3 Å². The molecule has 2 atom stereocenters. The SMILES string of the molecule is Cc1nc(CO[C@@H]2CO[C@@]3(CCN(C(=O)N4CCCC4)C3)C2)cs1. The largest absolute Gasteiger partial charge is 0.370 e. The van der Waals surface area contributed by atoms with E-state index < -0.39 is 0 Å². The van der Waals surface area contributed by atoms with Gasteiger partial charge in [-0.25, -0.2) is 9.78 Å². The Balaban J connectivity index is 1.28. The number of hydrogen-bond acceptors (Lipinski definition) is 5. The number of ether oxygens (including phenoxy) is 2. The number of aromatic nitrogens is 1. The van der Waals surface area contributed by atoms with Crippen molar-refractivity contribution < 1.29 is 14.3 Å². The molecule has 0 saturated carbocycles. The highest BCUT2D eigenvalue weighted by molar-refractivity contribution is 7.09. The lowest BCUT2D eigenvalue weighted by molar-refractivity contribution is 0.000605. The first kappa shape index (κ1) is 16.3. The normalized spacial score (nSPS) is 30.0. The van der Waals surface area contributed by atoms with Crippen LogP contribution in [0, 0.1) is 6.92 Å². The molecule has 3 aliphatic heterocycles. The van der Waals surface area contributed by atoms with E-state index in [9.17, 15) is 4.79 Å². The first-order valence-electron chi connectivity index (χ1n) is 8.84. The summed E-state index contributed by atoms with van der Waals surface area (Å²) in [6.07, 6.45) is 4.16. The molecule has 0 aliphatic carbocycles. The molecule has 1 aromatic heterocycles. The van der Waals surface area contributed by atoms with Crippen LogP contribution in [0.5, 0.6) is 0 Å². The van der Waals surface area contributed by atoms with Crippen LogP contribution < -0.4 is 0 Å². The third-order valence-electron chi connectivity index (χ3n) is 5.27. The van der Waals surface area contributed by atoms with Crippen LogP contribution in [0.25, 0.3) is 0 Å². The molecule has 0 bridgehead atoms. The Labute approximate surface area is 146 Å². The van der Waals surface area contributed by atoms with Crippen LogP contribution in [0.3, 0.4) is 0 Å². The number of thiazole rings is 1. The molecular weight excluding hydrogens is 326 g/mol. The molecule has 0 aromatic carbocycles. The lowest BCUT2D eigenvalue weighted by Gasteiger charge is -2.26. The highest BCUT2D eigenvalue weighted by Crippen LogP contribution is 2.37. The molecule has 2 amide bonds. The second-order valence-corrected chi connectivity index (χ2v) is 8.20. The summed E-state index contributed by atoms with van der Waals surface area (Å²) in [4.78, 5) is 20.9. The van der Waals surface area contributed by atoms with Gasteiger partial charge < -0.3 is 19.3 Å². The monoisotopic (exact) mass is 351 g/mol. The molecule has 0 N–H and O–H groups in total. The molecule has 1 spiro atoms. The summed E-state index contributed by atoms with van der Waals surface area (Å²) in [6, 6.07) is 0.190. The number of urea groups is 1. The summed E-state index contributed by atoms with van der Waals surface area (Å²) in [6.45, 7) is 6.49. The standard InChI is InChI=1S/C17H25N3O3S/c1-13-18-14(11-24-13)9-22-15-8-17(23-10-15)4-7-20(12-17)16(21)19-5-2-3-6-19/h11,15H,2-10,12H2,1H3/t15-,17-/m0/s1. The maximum Gasteiger partial charge on any atom is 0.320 e. The summed E-state index contributed by atoms with van der Waals surface area (Å²) in [7, 11) is 0. The van der Waals surface area contributed by atoms with Gasteiger partial charge >= 0.3 is 6.03 Å². The number of amides is 2. The Hall–Kier alpha value is -1.18. The van der Waals surface area contributed by atoms with Crippen molar-refractivity contribution in [3.8, 4) is 0 Å². The van der Waals surface area contributed by atoms with Crippen LogP contribution in [0.1, 0.15) is 36.4 Å². The minimum atomic E-state index is -0.196. The minimum absolute atomic E-state index is 0.105. The molecule has 0 radical (unpaired) electrons. The van der Waals surface area contributed by atoms with Crippen LogP contribution in [0.2, 0.25) is 0 Å². The molecule has 4 rings (SSSR count). The molecule has 0 unspecified atom stereocenters. The number of hydrogen-bond donors (Lipinski definition) is 0. The summed E-state index contributed by atoms with van der Waals surface area (Å²) < 4.78 is 12.1. The number of nitrogens with zero attached hydrogens (tertiary/aromatic N) is 3. The van der Waals surface area contributed by atoms with E-state index in [0.29, 0.717) is 19.8 Å². The summed E-state index contributed by atoms with van der Waals surface area (Å²) in [5.74, 6) is 0. The fraction of sp³-hybridized carbons (Fsp3) is 0.765. The van der Waals surface area contributed by atoms with Gasteiger partial charge in [-0.1, -0.05) is 0 Å². The summed E-state index contributed by atoms with van der Waals surface area (Å²) in [5.41, 5.74) is 0.800. The first-order chi connectivity index (χ1) is 11.6. The van der Waals surface area contributed by atoms with E-state index in [4.69, 9.17) is 9.47 Å². The Kier molecular flexibility index (Phi) is 4.49. The van der Waals surface area contributed by atoms with Crippen molar-refractivity contribution in [2.45, 2.75) is 50.9 Å². The Bertz CT molecular complexity index is 602. The maximum atomic E-state index is 12.5. The third-order valence-corrected chi connectivity index (χ3v) is 6.09. The van der Waals surface area contributed by atoms with Gasteiger partial charge in [0.25, 0.3) is 0 Å². The number of aryl methyl sites for hydroxylation is 1. The second kappa shape index (κ2) is 6.61. The number of likely N-dealkylation sites (tertiary alicyclic amines) is 2. The van der Waals surface area contributed by atoms with Crippen LogP contribution in [0.15, 0.2) is 5.38 Å². The van der Waals surface area contributed by atoms with Crippen molar-refractivity contribution in [1.82, 2.24) is 14.8 Å². The first-order valence-corrected chi connectivity index (χ1v) is 9.72. The van der Waals surface area contributed by atoms with E-state index in [-0.39, 0.29) is 17.7 Å². The topological polar surface area (TPSA) is 54.9 Å². The van der Waals surface area contributed by atoms with E-state index in [1.165, 1.54) is 0 Å². The average molecular weight is 351 g/mol. The predicted molar refractivity (Wildman–Crippen MR) is 91.1 cm³/mol. The van der Waals surface area contributed by atoms with Gasteiger partial charge in [0.1, 0.15) is 0 Å². The van der Waals surface area contributed by atoms with E-state index in [1.807, 2.05) is 22.1 Å². The van der Waals surface area contributed by atoms with Gasteiger partial charge in [-0.05, 0) is 26.2 Å². The Morgan fingerprint density at radius 3 is 3.00 bits per heavy atom. The number of rotatable bonds is 3. The highest BCUT2D eigenvalue weighted by atomic mass is 32.1. The molecule has 4 heterocycles. The molecule has 24 heavy (non-hydrogen) atoms. The Morgan fingerprint density at radius 1 is 1.42 bits per heavy atom. The third kappa shape index (κ3) is 3.30. The van der Waals surface area contributed by atoms with Crippen molar-refractivity contribution >= 4 is 17.4 Å². The summed E-state index contributed by atoms with van der Waals surface area (Å²) in [5, 5.41) is 3.12. The van der Waals surface area contributed by atoms with Crippen molar-refractivity contribution in [1.29, 1.82) is 0 Å². The van der Waals surface area contributed by atoms with Gasteiger partial charge in [0.15, 0.2) is 0 Å². The fourth-order valence-electron chi connectivity index (χ4n) is 3.99. The molecule has 7 heteroatoms. The lowest BCUT2D eigenvalue weighted by Crippen LogP contribution is -2.43. The van der Waals surface area contributed by atoms with Gasteiger partial charge in [-0.3, -0.25) is 0 Å². The van der Waals surface area contributed by atoms with Crippen molar-refractivity contribution in [2.75, 3.05) is 32.8 Å². The van der Waals surface area contributed by atoms with Gasteiger partial charge in [0, 0.05) is 31.4 Å². The van der Waals surface area contributed by atoms with Gasteiger partial charge in [-0.2, -0.15) is 0 Å². The molecule has 6 nitrogen and oxygen atoms in total. The van der Waals surface area contributed by atoms with Crippen LogP contribution in [0.4, 0.5) is 4.79 Å².